The molecule has 1 N–H and O–H groups in total. The third-order valence-electron chi connectivity index (χ3n) is 2.96. The number of carboxylic acid groups (broad SMARTS) is 1. The molecule has 0 aliphatic heterocycles. The number of carboxylic acids is 1. The molecule has 19 heavy (non-hydrogen) atoms. The summed E-state index contributed by atoms with van der Waals surface area (Å²) >= 11 is 8.07. The van der Waals surface area contributed by atoms with Gasteiger partial charge in [0.05, 0.1) is 5.02 Å². The Hall–Kier alpha value is -0.820. The molecule has 2 rings (SSSR count). The van der Waals surface area contributed by atoms with Gasteiger partial charge in [-0.25, -0.2) is 0 Å². The lowest BCUT2D eigenvalue weighted by Gasteiger charge is -2.20. The monoisotopic (exact) mass is 393 g/mol. The van der Waals surface area contributed by atoms with Crippen LogP contribution in [0.4, 0.5) is 0 Å². The van der Waals surface area contributed by atoms with Crippen LogP contribution < -0.4 is 0 Å². The second kappa shape index (κ2) is 6.09. The number of hydrogen-bond acceptors (Lipinski definition) is 2. The number of amides is 1. The van der Waals surface area contributed by atoms with Crippen molar-refractivity contribution in [3.8, 4) is 0 Å². The van der Waals surface area contributed by atoms with Crippen LogP contribution in [0, 0.1) is 9.49 Å². The second-order valence-corrected chi connectivity index (χ2v) is 6.22. The maximum absolute atomic E-state index is 12.3. The number of halogens is 2. The van der Waals surface area contributed by atoms with Crippen molar-refractivity contribution in [2.45, 2.75) is 12.8 Å². The molecule has 0 radical (unpaired) electrons. The lowest BCUT2D eigenvalue weighted by atomic mass is 10.2. The summed E-state index contributed by atoms with van der Waals surface area (Å²) in [6, 6.07) is 5.03. The van der Waals surface area contributed by atoms with Crippen molar-refractivity contribution < 1.29 is 14.7 Å². The summed E-state index contributed by atoms with van der Waals surface area (Å²) < 4.78 is 0.864. The zero-order valence-corrected chi connectivity index (χ0v) is 13.0. The molecule has 0 unspecified atom stereocenters. The van der Waals surface area contributed by atoms with Gasteiger partial charge in [-0.05, 0) is 59.5 Å². The van der Waals surface area contributed by atoms with Crippen LogP contribution in [-0.4, -0.2) is 35.0 Å². The second-order valence-electron chi connectivity index (χ2n) is 4.65. The fourth-order valence-corrected chi connectivity index (χ4v) is 2.32. The lowest BCUT2D eigenvalue weighted by molar-refractivity contribution is -0.137. The summed E-state index contributed by atoms with van der Waals surface area (Å²) in [6.45, 7) is 0.244. The number of aliphatic carboxylic acids is 1. The van der Waals surface area contributed by atoms with E-state index < -0.39 is 5.97 Å². The lowest BCUT2D eigenvalue weighted by Crippen LogP contribution is -2.37. The van der Waals surface area contributed by atoms with Crippen LogP contribution in [-0.2, 0) is 4.79 Å². The Morgan fingerprint density at radius 1 is 1.42 bits per heavy atom. The highest BCUT2D eigenvalue weighted by Crippen LogP contribution is 2.30. The van der Waals surface area contributed by atoms with Gasteiger partial charge in [-0.3, -0.25) is 9.59 Å². The Morgan fingerprint density at radius 2 is 2.11 bits per heavy atom. The minimum atomic E-state index is -0.995. The van der Waals surface area contributed by atoms with E-state index in [0.29, 0.717) is 23.0 Å². The van der Waals surface area contributed by atoms with Crippen LogP contribution in [0.25, 0.3) is 0 Å². The average Bonchev–Trinajstić information content (AvgIpc) is 3.14. The van der Waals surface area contributed by atoms with E-state index in [9.17, 15) is 9.59 Å². The Labute approximate surface area is 129 Å². The SMILES string of the molecule is O=C(O)CN(CC1CC1)C(=O)c1ccc(I)c(Cl)c1. The number of carbonyl (C=O) groups excluding carboxylic acids is 1. The van der Waals surface area contributed by atoms with Gasteiger partial charge in [0.25, 0.3) is 5.91 Å². The average molecular weight is 394 g/mol. The van der Waals surface area contributed by atoms with Gasteiger partial charge < -0.3 is 10.0 Å². The van der Waals surface area contributed by atoms with E-state index in [1.165, 1.54) is 4.90 Å². The van der Waals surface area contributed by atoms with E-state index in [1.54, 1.807) is 18.2 Å². The van der Waals surface area contributed by atoms with E-state index >= 15 is 0 Å². The van der Waals surface area contributed by atoms with Crippen molar-refractivity contribution in [3.05, 3.63) is 32.4 Å². The third kappa shape index (κ3) is 4.07. The molecule has 1 aliphatic carbocycles. The highest BCUT2D eigenvalue weighted by Gasteiger charge is 2.28. The first kappa shape index (κ1) is 14.6. The third-order valence-corrected chi connectivity index (χ3v) is 4.53. The van der Waals surface area contributed by atoms with Gasteiger partial charge in [0.15, 0.2) is 0 Å². The molecular formula is C13H13ClINO3. The van der Waals surface area contributed by atoms with E-state index in [2.05, 4.69) is 22.6 Å². The summed E-state index contributed by atoms with van der Waals surface area (Å²) in [6.07, 6.45) is 2.13. The fourth-order valence-electron chi connectivity index (χ4n) is 1.81. The van der Waals surface area contributed by atoms with Gasteiger partial charge in [-0.15, -0.1) is 0 Å². The maximum atomic E-state index is 12.3. The van der Waals surface area contributed by atoms with Gasteiger partial charge in [-0.2, -0.15) is 0 Å². The minimum Gasteiger partial charge on any atom is -0.480 e. The van der Waals surface area contributed by atoms with Gasteiger partial charge in [-0.1, -0.05) is 11.6 Å². The summed E-state index contributed by atoms with van der Waals surface area (Å²) in [4.78, 5) is 24.5. The molecule has 0 aromatic heterocycles. The first-order chi connectivity index (χ1) is 8.97. The standard InChI is InChI=1S/C13H13ClINO3/c14-10-5-9(3-4-11(10)15)13(19)16(7-12(17)18)6-8-1-2-8/h3-5,8H,1-2,6-7H2,(H,17,18). The van der Waals surface area contributed by atoms with Crippen molar-refractivity contribution in [2.24, 2.45) is 5.92 Å². The van der Waals surface area contributed by atoms with Gasteiger partial charge in [0.1, 0.15) is 6.54 Å². The van der Waals surface area contributed by atoms with E-state index in [0.717, 1.165) is 16.4 Å². The van der Waals surface area contributed by atoms with Crippen molar-refractivity contribution in [3.63, 3.8) is 0 Å². The zero-order valence-electron chi connectivity index (χ0n) is 10.1. The van der Waals surface area contributed by atoms with E-state index in [1.807, 2.05) is 0 Å². The normalized spacial score (nSPS) is 14.2. The van der Waals surface area contributed by atoms with Crippen LogP contribution in [0.5, 0.6) is 0 Å². The fraction of sp³-hybridized carbons (Fsp3) is 0.385. The Morgan fingerprint density at radius 3 is 2.63 bits per heavy atom. The van der Waals surface area contributed by atoms with E-state index in [-0.39, 0.29) is 12.5 Å². The molecule has 4 nitrogen and oxygen atoms in total. The molecule has 1 amide bonds. The number of benzene rings is 1. The molecule has 0 atom stereocenters. The van der Waals surface area contributed by atoms with Crippen LogP contribution in [0.2, 0.25) is 5.02 Å². The quantitative estimate of drug-likeness (QED) is 0.783. The molecule has 1 aliphatic rings. The molecular weight excluding hydrogens is 381 g/mol. The van der Waals surface area contributed by atoms with Crippen LogP contribution >= 0.6 is 34.2 Å². The number of rotatable bonds is 5. The molecule has 0 spiro atoms. The Kier molecular flexibility index (Phi) is 4.67. The predicted molar refractivity (Wildman–Crippen MR) is 80.4 cm³/mol. The molecule has 0 bridgehead atoms. The predicted octanol–water partition coefficient (Wildman–Crippen LogP) is 2.88. The summed E-state index contributed by atoms with van der Waals surface area (Å²) in [5, 5.41) is 9.40. The minimum absolute atomic E-state index is 0.265. The number of carbonyl (C=O) groups is 2. The van der Waals surface area contributed by atoms with E-state index in [4.69, 9.17) is 16.7 Å². The first-order valence-electron chi connectivity index (χ1n) is 5.93. The number of hydrogen-bond donors (Lipinski definition) is 1. The highest BCUT2D eigenvalue weighted by atomic mass is 127. The first-order valence-corrected chi connectivity index (χ1v) is 7.39. The van der Waals surface area contributed by atoms with Crippen molar-refractivity contribution >= 4 is 46.1 Å². The molecule has 1 fully saturated rings. The van der Waals surface area contributed by atoms with Gasteiger partial charge in [0, 0.05) is 15.7 Å². The summed E-state index contributed by atoms with van der Waals surface area (Å²) in [5.74, 6) is -0.819. The van der Waals surface area contributed by atoms with Crippen LogP contribution in [0.1, 0.15) is 23.2 Å². The molecule has 1 aromatic rings. The van der Waals surface area contributed by atoms with Crippen molar-refractivity contribution in [1.82, 2.24) is 4.90 Å². The molecule has 0 saturated heterocycles. The smallest absolute Gasteiger partial charge is 0.323 e. The Bertz CT molecular complexity index is 517. The van der Waals surface area contributed by atoms with Gasteiger partial charge >= 0.3 is 5.97 Å². The molecule has 102 valence electrons. The number of nitrogens with zero attached hydrogens (tertiary/aromatic N) is 1. The van der Waals surface area contributed by atoms with Crippen molar-refractivity contribution in [1.29, 1.82) is 0 Å². The molecule has 6 heteroatoms. The van der Waals surface area contributed by atoms with Crippen LogP contribution in [0.3, 0.4) is 0 Å². The topological polar surface area (TPSA) is 57.6 Å². The molecule has 1 saturated carbocycles. The van der Waals surface area contributed by atoms with Gasteiger partial charge in [0.2, 0.25) is 0 Å². The molecule has 0 heterocycles. The Balaban J connectivity index is 2.16. The summed E-state index contributed by atoms with van der Waals surface area (Å²) in [5.41, 5.74) is 0.437. The zero-order chi connectivity index (χ0) is 14.0. The largest absolute Gasteiger partial charge is 0.480 e. The highest BCUT2D eigenvalue weighted by molar-refractivity contribution is 14.1. The molecule has 1 aromatic carbocycles. The van der Waals surface area contributed by atoms with Crippen molar-refractivity contribution in [2.75, 3.05) is 13.1 Å². The maximum Gasteiger partial charge on any atom is 0.323 e. The summed E-state index contributed by atoms with van der Waals surface area (Å²) in [7, 11) is 0. The van der Waals surface area contributed by atoms with Crippen LogP contribution in [0.15, 0.2) is 18.2 Å².